The SMILES string of the molecule is CCCCOC(=O)c1cc(Br)cc(Br)c1N=C1O/C(=C/c2ccc(N(c3ccccc3)c3ccccc3)cc2)C(=O)N1CC. The molecular weight excluding hydrogens is 686 g/mol. The van der Waals surface area contributed by atoms with Crippen molar-refractivity contribution in [3.63, 3.8) is 0 Å². The van der Waals surface area contributed by atoms with Gasteiger partial charge in [-0.05, 0) is 89.4 Å². The van der Waals surface area contributed by atoms with Crippen molar-refractivity contribution in [2.24, 2.45) is 4.99 Å². The summed E-state index contributed by atoms with van der Waals surface area (Å²) in [4.78, 5) is 34.5. The number of rotatable bonds is 10. The number of benzene rings is 4. The number of unbranched alkanes of at least 4 members (excludes halogenated alkanes) is 1. The number of para-hydroxylation sites is 2. The number of likely N-dealkylation sites (N-methyl/N-ethyl adjacent to an activating group) is 1. The van der Waals surface area contributed by atoms with Crippen molar-refractivity contribution in [1.82, 2.24) is 4.90 Å². The molecule has 1 fully saturated rings. The molecule has 9 heteroatoms. The van der Waals surface area contributed by atoms with Crippen LogP contribution in [-0.4, -0.2) is 35.9 Å². The minimum Gasteiger partial charge on any atom is -0.462 e. The fourth-order valence-corrected chi connectivity index (χ4v) is 5.97. The highest BCUT2D eigenvalue weighted by molar-refractivity contribution is 9.11. The first-order valence-electron chi connectivity index (χ1n) is 14.4. The number of hydrogen-bond donors (Lipinski definition) is 0. The van der Waals surface area contributed by atoms with Gasteiger partial charge in [0, 0.05) is 32.6 Å². The van der Waals surface area contributed by atoms with Crippen LogP contribution in [0.2, 0.25) is 0 Å². The predicted molar refractivity (Wildman–Crippen MR) is 182 cm³/mol. The van der Waals surface area contributed by atoms with Gasteiger partial charge in [-0.15, -0.1) is 0 Å². The number of esters is 1. The molecule has 0 atom stereocenters. The lowest BCUT2D eigenvalue weighted by atomic mass is 10.1. The van der Waals surface area contributed by atoms with Crippen LogP contribution in [-0.2, 0) is 14.3 Å². The number of aliphatic imine (C=N–C) groups is 1. The van der Waals surface area contributed by atoms with E-state index < -0.39 is 5.97 Å². The molecule has 0 aromatic heterocycles. The van der Waals surface area contributed by atoms with Crippen LogP contribution in [0.15, 0.2) is 117 Å². The first kappa shape index (κ1) is 31.2. The summed E-state index contributed by atoms with van der Waals surface area (Å²) in [5.74, 6) is -0.671. The van der Waals surface area contributed by atoms with E-state index in [2.05, 4.69) is 66.0 Å². The molecule has 224 valence electrons. The van der Waals surface area contributed by atoms with Gasteiger partial charge < -0.3 is 14.4 Å². The third-order valence-electron chi connectivity index (χ3n) is 6.87. The van der Waals surface area contributed by atoms with Gasteiger partial charge in [0.25, 0.3) is 5.91 Å². The molecule has 1 amide bonds. The average Bonchev–Trinajstić information content (AvgIpc) is 3.33. The van der Waals surface area contributed by atoms with Crippen LogP contribution in [0, 0.1) is 0 Å². The van der Waals surface area contributed by atoms with Gasteiger partial charge in [-0.1, -0.05) is 77.8 Å². The molecule has 0 aliphatic carbocycles. The predicted octanol–water partition coefficient (Wildman–Crippen LogP) is 9.55. The van der Waals surface area contributed by atoms with Gasteiger partial charge >= 0.3 is 12.0 Å². The van der Waals surface area contributed by atoms with Crippen LogP contribution in [0.1, 0.15) is 42.6 Å². The van der Waals surface area contributed by atoms with Crippen LogP contribution in [0.3, 0.4) is 0 Å². The second-order valence-electron chi connectivity index (χ2n) is 9.93. The summed E-state index contributed by atoms with van der Waals surface area (Å²) in [6.45, 7) is 4.51. The van der Waals surface area contributed by atoms with E-state index in [9.17, 15) is 9.59 Å². The Morgan fingerprint density at radius 2 is 1.52 bits per heavy atom. The maximum absolute atomic E-state index is 13.4. The molecule has 1 aliphatic rings. The number of carbonyl (C=O) groups is 2. The van der Waals surface area contributed by atoms with Gasteiger partial charge in [-0.25, -0.2) is 4.79 Å². The molecule has 1 saturated heterocycles. The Bertz CT molecular complexity index is 1650. The van der Waals surface area contributed by atoms with Gasteiger partial charge in [0.15, 0.2) is 5.76 Å². The minimum atomic E-state index is -0.497. The summed E-state index contributed by atoms with van der Waals surface area (Å²) in [6.07, 6.45) is 3.36. The summed E-state index contributed by atoms with van der Waals surface area (Å²) in [6, 6.07) is 31.7. The normalized spacial score (nSPS) is 14.6. The van der Waals surface area contributed by atoms with Gasteiger partial charge in [-0.3, -0.25) is 9.69 Å². The van der Waals surface area contributed by atoms with Crippen molar-refractivity contribution in [2.45, 2.75) is 26.7 Å². The highest BCUT2D eigenvalue weighted by Crippen LogP contribution is 2.36. The highest BCUT2D eigenvalue weighted by atomic mass is 79.9. The lowest BCUT2D eigenvalue weighted by molar-refractivity contribution is -0.122. The number of amidine groups is 1. The molecule has 0 unspecified atom stereocenters. The molecule has 5 rings (SSSR count). The smallest absolute Gasteiger partial charge is 0.340 e. The molecule has 0 N–H and O–H groups in total. The standard InChI is InChI=1S/C35H31Br2N3O4/c1-3-5-20-43-34(42)29-22-25(36)23-30(37)32(29)38-35-39(4-2)33(41)31(44-35)21-24-16-18-28(19-17-24)40(26-12-8-6-9-13-26)27-14-10-7-11-15-27/h6-19,21-23H,3-5,20H2,1-2H3/b31-21+,38-35?. The van der Waals surface area contributed by atoms with Crippen molar-refractivity contribution >= 4 is 78.6 Å². The molecule has 0 saturated carbocycles. The van der Waals surface area contributed by atoms with Crippen molar-refractivity contribution in [3.05, 3.63) is 123 Å². The van der Waals surface area contributed by atoms with Crippen LogP contribution >= 0.6 is 31.9 Å². The molecular formula is C35H31Br2N3O4. The fraction of sp³-hybridized carbons (Fsp3) is 0.171. The molecule has 0 radical (unpaired) electrons. The largest absolute Gasteiger partial charge is 0.462 e. The topological polar surface area (TPSA) is 71.4 Å². The van der Waals surface area contributed by atoms with Gasteiger partial charge in [-0.2, -0.15) is 4.99 Å². The third-order valence-corrected chi connectivity index (χ3v) is 7.93. The molecule has 4 aromatic rings. The zero-order valence-corrected chi connectivity index (χ0v) is 27.5. The van der Waals surface area contributed by atoms with Crippen LogP contribution in [0.5, 0.6) is 0 Å². The summed E-state index contributed by atoms with van der Waals surface area (Å²) in [5, 5.41) is 0. The number of nitrogens with zero attached hydrogens (tertiary/aromatic N) is 3. The second kappa shape index (κ2) is 14.5. The molecule has 1 aliphatic heterocycles. The monoisotopic (exact) mass is 715 g/mol. The zero-order chi connectivity index (χ0) is 31.1. The second-order valence-corrected chi connectivity index (χ2v) is 11.7. The Morgan fingerprint density at radius 1 is 0.909 bits per heavy atom. The Morgan fingerprint density at radius 3 is 2.11 bits per heavy atom. The first-order chi connectivity index (χ1) is 21.4. The van der Waals surface area contributed by atoms with Crippen LogP contribution in [0.4, 0.5) is 22.7 Å². The van der Waals surface area contributed by atoms with E-state index in [4.69, 9.17) is 9.47 Å². The van der Waals surface area contributed by atoms with E-state index in [-0.39, 0.29) is 23.3 Å². The van der Waals surface area contributed by atoms with E-state index in [0.29, 0.717) is 27.8 Å². The van der Waals surface area contributed by atoms with Gasteiger partial charge in [0.1, 0.15) is 0 Å². The summed E-state index contributed by atoms with van der Waals surface area (Å²) in [7, 11) is 0. The molecule has 0 bridgehead atoms. The van der Waals surface area contributed by atoms with Crippen LogP contribution < -0.4 is 4.90 Å². The van der Waals surface area contributed by atoms with Crippen molar-refractivity contribution in [3.8, 4) is 0 Å². The van der Waals surface area contributed by atoms with Crippen molar-refractivity contribution in [1.29, 1.82) is 0 Å². The first-order valence-corrected chi connectivity index (χ1v) is 15.9. The highest BCUT2D eigenvalue weighted by Gasteiger charge is 2.34. The van der Waals surface area contributed by atoms with Crippen molar-refractivity contribution in [2.75, 3.05) is 18.1 Å². The zero-order valence-electron chi connectivity index (χ0n) is 24.4. The summed E-state index contributed by atoms with van der Waals surface area (Å²) in [5.41, 5.74) is 4.41. The van der Waals surface area contributed by atoms with E-state index >= 15 is 0 Å². The Balaban J connectivity index is 1.44. The third kappa shape index (κ3) is 7.11. The minimum absolute atomic E-state index is 0.0883. The molecule has 4 aromatic carbocycles. The van der Waals surface area contributed by atoms with E-state index in [1.807, 2.05) is 74.5 Å². The van der Waals surface area contributed by atoms with Crippen molar-refractivity contribution < 1.29 is 19.1 Å². The number of ether oxygens (including phenoxy) is 2. The Labute approximate surface area is 274 Å². The van der Waals surface area contributed by atoms with E-state index in [0.717, 1.165) is 35.5 Å². The van der Waals surface area contributed by atoms with Crippen LogP contribution in [0.25, 0.3) is 6.08 Å². The molecule has 0 spiro atoms. The average molecular weight is 717 g/mol. The maximum atomic E-state index is 13.4. The maximum Gasteiger partial charge on any atom is 0.340 e. The molecule has 44 heavy (non-hydrogen) atoms. The Kier molecular flexibility index (Phi) is 10.3. The lowest BCUT2D eigenvalue weighted by Crippen LogP contribution is -2.29. The number of halogens is 2. The van der Waals surface area contributed by atoms with E-state index in [1.54, 1.807) is 18.2 Å². The van der Waals surface area contributed by atoms with E-state index in [1.165, 1.54) is 4.90 Å². The number of amides is 1. The Hall–Kier alpha value is -4.21. The fourth-order valence-electron chi connectivity index (χ4n) is 4.66. The number of anilines is 3. The van der Waals surface area contributed by atoms with Gasteiger partial charge in [0.2, 0.25) is 0 Å². The number of hydrogen-bond acceptors (Lipinski definition) is 6. The van der Waals surface area contributed by atoms with Gasteiger partial charge in [0.05, 0.1) is 17.9 Å². The summed E-state index contributed by atoms with van der Waals surface area (Å²) < 4.78 is 12.7. The summed E-state index contributed by atoms with van der Waals surface area (Å²) >= 11 is 6.95. The number of carbonyl (C=O) groups excluding carboxylic acids is 2. The molecule has 7 nitrogen and oxygen atoms in total. The lowest BCUT2D eigenvalue weighted by Gasteiger charge is -2.25. The quantitative estimate of drug-likeness (QED) is 0.0929. The molecule has 1 heterocycles.